The largest absolute Gasteiger partial charge is 0.346 e. The van der Waals surface area contributed by atoms with Crippen LogP contribution < -0.4 is 5.56 Å². The van der Waals surface area contributed by atoms with Crippen LogP contribution in [-0.2, 0) is 7.05 Å². The number of aromatic amines is 1. The molecule has 0 bridgehead atoms. The van der Waals surface area contributed by atoms with Crippen molar-refractivity contribution in [1.29, 1.82) is 0 Å². The fourth-order valence-corrected chi connectivity index (χ4v) is 1.46. The van der Waals surface area contributed by atoms with Gasteiger partial charge in [0.1, 0.15) is 5.52 Å². The summed E-state index contributed by atoms with van der Waals surface area (Å²) in [5.74, 6) is 0. The summed E-state index contributed by atoms with van der Waals surface area (Å²) in [6.45, 7) is 1.88. The molecule has 12 heavy (non-hydrogen) atoms. The second-order valence-corrected chi connectivity index (χ2v) is 3.01. The standard InChI is InChI=1S/C9H10N2O/c1-6-5-7-3-4-11(2)8(7)9(12)10-6/h3-5H,1-2H3,(H,10,12). The van der Waals surface area contributed by atoms with Gasteiger partial charge in [-0.1, -0.05) is 0 Å². The summed E-state index contributed by atoms with van der Waals surface area (Å²) in [6, 6.07) is 3.91. The lowest BCUT2D eigenvalue weighted by Gasteiger charge is -1.95. The van der Waals surface area contributed by atoms with E-state index in [9.17, 15) is 4.79 Å². The number of pyridine rings is 1. The summed E-state index contributed by atoms with van der Waals surface area (Å²) < 4.78 is 1.83. The minimum Gasteiger partial charge on any atom is -0.346 e. The number of fused-ring (bicyclic) bond motifs is 1. The van der Waals surface area contributed by atoms with Crippen molar-refractivity contribution in [2.45, 2.75) is 6.92 Å². The van der Waals surface area contributed by atoms with E-state index in [2.05, 4.69) is 4.98 Å². The second kappa shape index (κ2) is 2.24. The van der Waals surface area contributed by atoms with E-state index in [-0.39, 0.29) is 5.56 Å². The highest BCUT2D eigenvalue weighted by molar-refractivity contribution is 5.79. The molecule has 0 atom stereocenters. The number of aromatic nitrogens is 2. The van der Waals surface area contributed by atoms with Gasteiger partial charge in [-0.05, 0) is 19.1 Å². The molecule has 0 aromatic carbocycles. The van der Waals surface area contributed by atoms with E-state index in [0.29, 0.717) is 0 Å². The summed E-state index contributed by atoms with van der Waals surface area (Å²) in [6.07, 6.45) is 1.89. The van der Waals surface area contributed by atoms with E-state index in [1.165, 1.54) is 0 Å². The van der Waals surface area contributed by atoms with Gasteiger partial charge < -0.3 is 9.55 Å². The summed E-state index contributed by atoms with van der Waals surface area (Å²) in [5.41, 5.74) is 1.62. The first-order valence-corrected chi connectivity index (χ1v) is 3.83. The molecule has 2 aromatic heterocycles. The molecule has 0 unspecified atom stereocenters. The summed E-state index contributed by atoms with van der Waals surface area (Å²) >= 11 is 0. The Bertz CT molecular complexity index is 479. The molecule has 62 valence electrons. The summed E-state index contributed by atoms with van der Waals surface area (Å²) in [4.78, 5) is 14.2. The van der Waals surface area contributed by atoms with Crippen molar-refractivity contribution in [2.24, 2.45) is 7.05 Å². The average Bonchev–Trinajstić information content (AvgIpc) is 2.31. The van der Waals surface area contributed by atoms with Gasteiger partial charge >= 0.3 is 0 Å². The van der Waals surface area contributed by atoms with E-state index in [1.54, 1.807) is 0 Å². The Balaban J connectivity index is 3.03. The molecule has 2 rings (SSSR count). The molecule has 0 spiro atoms. The quantitative estimate of drug-likeness (QED) is 0.620. The normalized spacial score (nSPS) is 10.8. The van der Waals surface area contributed by atoms with Crippen LogP contribution >= 0.6 is 0 Å². The lowest BCUT2D eigenvalue weighted by atomic mass is 10.3. The summed E-state index contributed by atoms with van der Waals surface area (Å²) in [7, 11) is 1.87. The Morgan fingerprint density at radius 3 is 3.00 bits per heavy atom. The molecular formula is C9H10N2O. The zero-order valence-corrected chi connectivity index (χ0v) is 7.09. The molecule has 0 saturated heterocycles. The van der Waals surface area contributed by atoms with Gasteiger partial charge in [0.05, 0.1) is 0 Å². The van der Waals surface area contributed by atoms with Gasteiger partial charge in [0.2, 0.25) is 0 Å². The molecular weight excluding hydrogens is 152 g/mol. The van der Waals surface area contributed by atoms with Gasteiger partial charge in [0.25, 0.3) is 5.56 Å². The Kier molecular flexibility index (Phi) is 1.33. The van der Waals surface area contributed by atoms with Crippen molar-refractivity contribution >= 4 is 10.9 Å². The van der Waals surface area contributed by atoms with Crippen LogP contribution in [0.25, 0.3) is 10.9 Å². The minimum absolute atomic E-state index is 0.0162. The van der Waals surface area contributed by atoms with Crippen LogP contribution in [0, 0.1) is 6.92 Å². The Morgan fingerprint density at radius 2 is 2.25 bits per heavy atom. The van der Waals surface area contributed by atoms with Crippen molar-refractivity contribution in [2.75, 3.05) is 0 Å². The predicted octanol–water partition coefficient (Wildman–Crippen LogP) is 1.18. The second-order valence-electron chi connectivity index (χ2n) is 3.01. The minimum atomic E-state index is -0.0162. The predicted molar refractivity (Wildman–Crippen MR) is 48.3 cm³/mol. The number of H-pyrrole nitrogens is 1. The number of nitrogens with one attached hydrogen (secondary N) is 1. The fraction of sp³-hybridized carbons (Fsp3) is 0.222. The van der Waals surface area contributed by atoms with Crippen LogP contribution in [-0.4, -0.2) is 9.55 Å². The van der Waals surface area contributed by atoms with Crippen molar-refractivity contribution in [3.63, 3.8) is 0 Å². The van der Waals surface area contributed by atoms with Crippen LogP contribution in [0.2, 0.25) is 0 Å². The molecule has 0 aliphatic carbocycles. The van der Waals surface area contributed by atoms with E-state index in [1.807, 2.05) is 36.9 Å². The van der Waals surface area contributed by atoms with Crippen molar-refractivity contribution in [1.82, 2.24) is 9.55 Å². The van der Waals surface area contributed by atoms with Gasteiger partial charge in [-0.2, -0.15) is 0 Å². The zero-order valence-electron chi connectivity index (χ0n) is 7.09. The van der Waals surface area contributed by atoms with Crippen molar-refractivity contribution in [3.8, 4) is 0 Å². The van der Waals surface area contributed by atoms with Gasteiger partial charge in [0, 0.05) is 24.3 Å². The van der Waals surface area contributed by atoms with Crippen LogP contribution in [0.5, 0.6) is 0 Å². The molecule has 3 nitrogen and oxygen atoms in total. The van der Waals surface area contributed by atoms with Gasteiger partial charge in [0.15, 0.2) is 0 Å². The van der Waals surface area contributed by atoms with Crippen LogP contribution in [0.15, 0.2) is 23.1 Å². The monoisotopic (exact) mass is 162 g/mol. The number of hydrogen-bond acceptors (Lipinski definition) is 1. The maximum Gasteiger partial charge on any atom is 0.272 e. The first-order valence-electron chi connectivity index (χ1n) is 3.83. The maximum absolute atomic E-state index is 11.4. The number of rotatable bonds is 0. The third-order valence-corrected chi connectivity index (χ3v) is 2.00. The number of aryl methyl sites for hydroxylation is 2. The smallest absolute Gasteiger partial charge is 0.272 e. The molecule has 0 amide bonds. The molecule has 2 aromatic rings. The molecule has 0 radical (unpaired) electrons. The van der Waals surface area contributed by atoms with Crippen molar-refractivity contribution < 1.29 is 0 Å². The molecule has 3 heteroatoms. The third kappa shape index (κ3) is 0.863. The van der Waals surface area contributed by atoms with Crippen molar-refractivity contribution in [3.05, 3.63) is 34.4 Å². The molecule has 0 fully saturated rings. The molecule has 0 aliphatic rings. The van der Waals surface area contributed by atoms with Gasteiger partial charge in [-0.3, -0.25) is 4.79 Å². The Labute approximate surface area is 69.6 Å². The highest BCUT2D eigenvalue weighted by Gasteiger charge is 2.01. The first kappa shape index (κ1) is 7.16. The molecule has 1 N–H and O–H groups in total. The topological polar surface area (TPSA) is 37.8 Å². The van der Waals surface area contributed by atoms with Crippen LogP contribution in [0.1, 0.15) is 5.69 Å². The van der Waals surface area contributed by atoms with Crippen LogP contribution in [0.3, 0.4) is 0 Å². The van der Waals surface area contributed by atoms with Gasteiger partial charge in [-0.15, -0.1) is 0 Å². The average molecular weight is 162 g/mol. The van der Waals surface area contributed by atoms with Crippen LogP contribution in [0.4, 0.5) is 0 Å². The highest BCUT2D eigenvalue weighted by Crippen LogP contribution is 2.09. The molecule has 0 saturated carbocycles. The Hall–Kier alpha value is -1.51. The zero-order chi connectivity index (χ0) is 8.72. The lowest BCUT2D eigenvalue weighted by Crippen LogP contribution is -2.09. The maximum atomic E-state index is 11.4. The Morgan fingerprint density at radius 1 is 1.50 bits per heavy atom. The van der Waals surface area contributed by atoms with E-state index in [4.69, 9.17) is 0 Å². The molecule has 0 aliphatic heterocycles. The number of hydrogen-bond donors (Lipinski definition) is 1. The number of nitrogens with zero attached hydrogens (tertiary/aromatic N) is 1. The summed E-state index contributed by atoms with van der Waals surface area (Å²) in [5, 5.41) is 0.999. The van der Waals surface area contributed by atoms with E-state index < -0.39 is 0 Å². The highest BCUT2D eigenvalue weighted by atomic mass is 16.1. The first-order chi connectivity index (χ1) is 5.68. The lowest BCUT2D eigenvalue weighted by molar-refractivity contribution is 0.955. The third-order valence-electron chi connectivity index (χ3n) is 2.00. The molecule has 2 heterocycles. The van der Waals surface area contributed by atoms with E-state index in [0.717, 1.165) is 16.6 Å². The fourth-order valence-electron chi connectivity index (χ4n) is 1.46. The SMILES string of the molecule is Cc1cc2ccn(C)c2c(=O)[nH]1. The van der Waals surface area contributed by atoms with Gasteiger partial charge in [-0.25, -0.2) is 0 Å². The van der Waals surface area contributed by atoms with E-state index >= 15 is 0 Å².